The lowest BCUT2D eigenvalue weighted by molar-refractivity contribution is -0.143. The molecule has 1 saturated heterocycles. The zero-order chi connectivity index (χ0) is 25.4. The third-order valence-corrected chi connectivity index (χ3v) is 6.80. The van der Waals surface area contributed by atoms with Gasteiger partial charge in [-0.15, -0.1) is 0 Å². The predicted molar refractivity (Wildman–Crippen MR) is 114 cm³/mol. The van der Waals surface area contributed by atoms with Gasteiger partial charge in [0.1, 0.15) is 5.92 Å². The molecule has 0 aromatic heterocycles. The third-order valence-electron chi connectivity index (χ3n) is 5.01. The molecule has 1 aliphatic heterocycles. The Hall–Kier alpha value is -3.15. The van der Waals surface area contributed by atoms with Crippen LogP contribution in [-0.2, 0) is 42.8 Å². The number of urea groups is 1. The van der Waals surface area contributed by atoms with Crippen molar-refractivity contribution in [3.05, 3.63) is 53.6 Å². The van der Waals surface area contributed by atoms with Crippen LogP contribution in [0.2, 0.25) is 0 Å². The maximum absolute atomic E-state index is 12.9. The Kier molecular flexibility index (Phi) is 6.93. The number of barbiturate groups is 1. The van der Waals surface area contributed by atoms with E-state index in [-0.39, 0.29) is 17.6 Å². The van der Waals surface area contributed by atoms with Gasteiger partial charge in [-0.3, -0.25) is 28.9 Å². The number of benzene rings is 2. The molecule has 16 heteroatoms. The van der Waals surface area contributed by atoms with E-state index >= 15 is 0 Å². The van der Waals surface area contributed by atoms with Gasteiger partial charge in [0.2, 0.25) is 11.8 Å². The molecule has 4 amide bonds. The highest BCUT2D eigenvalue weighted by Gasteiger charge is 2.41. The molecule has 1 fully saturated rings. The van der Waals surface area contributed by atoms with Crippen molar-refractivity contribution >= 4 is 50.7 Å². The van der Waals surface area contributed by atoms with Crippen molar-refractivity contribution in [3.8, 4) is 0 Å². The van der Waals surface area contributed by atoms with Crippen LogP contribution in [0.4, 0.5) is 4.79 Å². The summed E-state index contributed by atoms with van der Waals surface area (Å²) < 4.78 is 64.8. The molecule has 5 N–H and O–H groups in total. The van der Waals surface area contributed by atoms with E-state index < -0.39 is 67.3 Å². The number of nitrogens with one attached hydrogen (secondary N) is 1. The molecule has 1 aliphatic rings. The molecule has 1 heterocycles. The van der Waals surface area contributed by atoms with Crippen LogP contribution < -0.4 is 10.8 Å². The Labute approximate surface area is 193 Å². The Morgan fingerprint density at radius 2 is 1.53 bits per heavy atom. The summed E-state index contributed by atoms with van der Waals surface area (Å²) in [7, 11) is -11.6. The van der Waals surface area contributed by atoms with Gasteiger partial charge in [0, 0.05) is 0 Å². The van der Waals surface area contributed by atoms with Gasteiger partial charge in [-0.25, -0.2) is 4.79 Å². The van der Waals surface area contributed by atoms with Crippen molar-refractivity contribution in [1.29, 1.82) is 0 Å². The quantitative estimate of drug-likeness (QED) is 0.160. The van der Waals surface area contributed by atoms with Crippen molar-refractivity contribution < 1.29 is 50.4 Å². The highest BCUT2D eigenvalue weighted by molar-refractivity contribution is 7.86. The molecule has 1 unspecified atom stereocenters. The van der Waals surface area contributed by atoms with Crippen molar-refractivity contribution in [1.82, 2.24) is 10.2 Å². The summed E-state index contributed by atoms with van der Waals surface area (Å²) in [6.07, 6.45) is -0.620. The molecular formula is C18H17BN2O11S2. The highest BCUT2D eigenvalue weighted by atomic mass is 32.2. The molecule has 1 atom stereocenters. The maximum Gasteiger partial charge on any atom is 0.488 e. The van der Waals surface area contributed by atoms with Crippen molar-refractivity contribution in [2.24, 2.45) is 5.92 Å². The molecule has 13 nitrogen and oxygen atoms in total. The minimum atomic E-state index is -5.03. The molecule has 0 spiro atoms. The van der Waals surface area contributed by atoms with Crippen LogP contribution in [0, 0.1) is 5.92 Å². The number of hydrogen-bond donors (Lipinski definition) is 5. The lowest BCUT2D eigenvalue weighted by atomic mass is 9.80. The fraction of sp³-hybridized carbons (Fsp3) is 0.167. The standard InChI is InChI=1S/C18H17BN2O11S2/c22-16-14(7-11-3-6-13(33(27,28)29)8-15(11)34(30,31)32)17(23)21(18(24)20-16)9-10-1-4-12(5-2-10)19(25)26/h1-6,8,14,25-26H,7,9H2,(H,20,22,24)(H,27,28,29)(H,30,31,32). The number of hydrogen-bond acceptors (Lipinski definition) is 9. The van der Waals surface area contributed by atoms with E-state index in [4.69, 9.17) is 14.6 Å². The first-order valence-corrected chi connectivity index (χ1v) is 12.3. The van der Waals surface area contributed by atoms with Gasteiger partial charge in [-0.1, -0.05) is 30.3 Å². The minimum absolute atomic E-state index is 0.164. The average Bonchev–Trinajstić information content (AvgIpc) is 2.73. The third kappa shape index (κ3) is 5.49. The molecule has 180 valence electrons. The van der Waals surface area contributed by atoms with Crippen LogP contribution in [0.25, 0.3) is 0 Å². The summed E-state index contributed by atoms with van der Waals surface area (Å²) in [6, 6.07) is 6.72. The van der Waals surface area contributed by atoms with Crippen molar-refractivity contribution in [2.45, 2.75) is 22.8 Å². The van der Waals surface area contributed by atoms with Gasteiger partial charge in [-0.2, -0.15) is 16.8 Å². The highest BCUT2D eigenvalue weighted by Crippen LogP contribution is 2.25. The Morgan fingerprint density at radius 3 is 2.06 bits per heavy atom. The van der Waals surface area contributed by atoms with Crippen LogP contribution in [-0.4, -0.2) is 65.9 Å². The molecule has 34 heavy (non-hydrogen) atoms. The number of rotatable bonds is 7. The lowest BCUT2D eigenvalue weighted by Crippen LogP contribution is -2.58. The van der Waals surface area contributed by atoms with E-state index in [1.54, 1.807) is 0 Å². The monoisotopic (exact) mass is 512 g/mol. The fourth-order valence-corrected chi connectivity index (χ4v) is 4.63. The SMILES string of the molecule is O=C1NC(=O)N(Cc2ccc(B(O)O)cc2)C(=O)C1Cc1ccc(S(=O)(=O)O)cc1S(=O)(=O)O. The summed E-state index contributed by atoms with van der Waals surface area (Å²) >= 11 is 0. The molecule has 0 bridgehead atoms. The second-order valence-corrected chi connectivity index (χ2v) is 10.1. The number of carbonyl (C=O) groups excluding carboxylic acids is 3. The Balaban J connectivity index is 1.92. The number of carbonyl (C=O) groups is 3. The topological polar surface area (TPSA) is 216 Å². The summed E-state index contributed by atoms with van der Waals surface area (Å²) in [6.45, 7) is -0.302. The van der Waals surface area contributed by atoms with Gasteiger partial charge in [-0.05, 0) is 35.1 Å². The summed E-state index contributed by atoms with van der Waals surface area (Å²) in [4.78, 5) is 36.4. The zero-order valence-electron chi connectivity index (χ0n) is 17.0. The molecule has 2 aromatic rings. The van der Waals surface area contributed by atoms with E-state index in [0.717, 1.165) is 12.1 Å². The summed E-state index contributed by atoms with van der Waals surface area (Å²) in [5.41, 5.74) is 0.258. The normalized spacial score (nSPS) is 17.0. The maximum atomic E-state index is 12.9. The van der Waals surface area contributed by atoms with E-state index in [9.17, 15) is 35.8 Å². The van der Waals surface area contributed by atoms with Crippen LogP contribution in [0.15, 0.2) is 52.3 Å². The van der Waals surface area contributed by atoms with Gasteiger partial charge in [0.25, 0.3) is 20.2 Å². The van der Waals surface area contributed by atoms with Gasteiger partial charge >= 0.3 is 13.1 Å². The molecule has 0 aliphatic carbocycles. The lowest BCUT2D eigenvalue weighted by Gasteiger charge is -2.30. The van der Waals surface area contributed by atoms with Gasteiger partial charge in [0.05, 0.1) is 16.3 Å². The minimum Gasteiger partial charge on any atom is -0.423 e. The van der Waals surface area contributed by atoms with Crippen LogP contribution >= 0.6 is 0 Å². The molecule has 0 saturated carbocycles. The largest absolute Gasteiger partial charge is 0.488 e. The van der Waals surface area contributed by atoms with E-state index in [1.165, 1.54) is 24.3 Å². The number of amides is 4. The molecule has 0 radical (unpaired) electrons. The van der Waals surface area contributed by atoms with Crippen molar-refractivity contribution in [3.63, 3.8) is 0 Å². The first-order valence-electron chi connectivity index (χ1n) is 9.37. The van der Waals surface area contributed by atoms with E-state index in [0.29, 0.717) is 16.5 Å². The van der Waals surface area contributed by atoms with E-state index in [1.807, 2.05) is 5.32 Å². The fourth-order valence-electron chi connectivity index (χ4n) is 3.29. The molecule has 3 rings (SSSR count). The first-order chi connectivity index (χ1) is 15.7. The second-order valence-electron chi connectivity index (χ2n) is 7.31. The first kappa shape index (κ1) is 25.5. The summed E-state index contributed by atoms with van der Waals surface area (Å²) in [5.74, 6) is -3.63. The Bertz CT molecular complexity index is 1370. The van der Waals surface area contributed by atoms with Crippen LogP contribution in [0.3, 0.4) is 0 Å². The summed E-state index contributed by atoms with van der Waals surface area (Å²) in [5, 5.41) is 20.3. The second kappa shape index (κ2) is 9.24. The molecule has 2 aromatic carbocycles. The predicted octanol–water partition coefficient (Wildman–Crippen LogP) is -1.70. The van der Waals surface area contributed by atoms with Gasteiger partial charge in [0.15, 0.2) is 0 Å². The zero-order valence-corrected chi connectivity index (χ0v) is 18.7. The Morgan fingerprint density at radius 1 is 0.912 bits per heavy atom. The van der Waals surface area contributed by atoms with Crippen LogP contribution in [0.5, 0.6) is 0 Å². The molecular weight excluding hydrogens is 495 g/mol. The average molecular weight is 512 g/mol. The van der Waals surface area contributed by atoms with Crippen LogP contribution in [0.1, 0.15) is 11.1 Å². The van der Waals surface area contributed by atoms with Crippen molar-refractivity contribution in [2.75, 3.05) is 0 Å². The van der Waals surface area contributed by atoms with E-state index in [2.05, 4.69) is 0 Å². The van der Waals surface area contributed by atoms with Gasteiger partial charge < -0.3 is 10.0 Å². The smallest absolute Gasteiger partial charge is 0.423 e. The number of imide groups is 2. The number of nitrogens with zero attached hydrogens (tertiary/aromatic N) is 1.